The van der Waals surface area contributed by atoms with Crippen molar-refractivity contribution >= 4 is 39.3 Å². The van der Waals surface area contributed by atoms with E-state index in [9.17, 15) is 4.79 Å². The summed E-state index contributed by atoms with van der Waals surface area (Å²) in [6.07, 6.45) is 3.56. The van der Waals surface area contributed by atoms with Gasteiger partial charge in [-0.25, -0.2) is 9.78 Å². The third kappa shape index (κ3) is 4.68. The van der Waals surface area contributed by atoms with Crippen molar-refractivity contribution in [3.05, 3.63) is 50.4 Å². The molecule has 110 valence electrons. The van der Waals surface area contributed by atoms with Crippen LogP contribution in [0.1, 0.15) is 23.2 Å². The average Bonchev–Trinajstić information content (AvgIpc) is 2.92. The molecule has 0 saturated carbocycles. The highest BCUT2D eigenvalue weighted by Crippen LogP contribution is 2.27. The Morgan fingerprint density at radius 2 is 2.33 bits per heavy atom. The molecular formula is C15H14BrNO3S. The fourth-order valence-electron chi connectivity index (χ4n) is 1.63. The largest absolute Gasteiger partial charge is 0.486 e. The van der Waals surface area contributed by atoms with Crippen molar-refractivity contribution in [1.29, 1.82) is 0 Å². The van der Waals surface area contributed by atoms with E-state index in [0.29, 0.717) is 12.4 Å². The summed E-state index contributed by atoms with van der Waals surface area (Å²) in [5, 5.41) is 11.7. The number of aryl methyl sites for hydroxylation is 1. The van der Waals surface area contributed by atoms with Gasteiger partial charge in [0.25, 0.3) is 0 Å². The van der Waals surface area contributed by atoms with Gasteiger partial charge >= 0.3 is 5.97 Å². The predicted octanol–water partition coefficient (Wildman–Crippen LogP) is 4.14. The van der Waals surface area contributed by atoms with E-state index in [-0.39, 0.29) is 0 Å². The van der Waals surface area contributed by atoms with Crippen LogP contribution in [0.25, 0.3) is 6.08 Å². The van der Waals surface area contributed by atoms with Crippen LogP contribution in [-0.4, -0.2) is 16.1 Å². The zero-order valence-electron chi connectivity index (χ0n) is 11.4. The molecule has 1 heterocycles. The van der Waals surface area contributed by atoms with Crippen LogP contribution < -0.4 is 4.74 Å². The molecule has 0 radical (unpaired) electrons. The highest BCUT2D eigenvalue weighted by atomic mass is 79.9. The van der Waals surface area contributed by atoms with E-state index in [2.05, 4.69) is 27.8 Å². The Labute approximate surface area is 135 Å². The lowest BCUT2D eigenvalue weighted by atomic mass is 10.2. The Hall–Kier alpha value is -1.66. The molecule has 0 aliphatic carbocycles. The van der Waals surface area contributed by atoms with Crippen molar-refractivity contribution in [2.75, 3.05) is 0 Å². The van der Waals surface area contributed by atoms with Gasteiger partial charge in [0.05, 0.1) is 15.2 Å². The Balaban J connectivity index is 2.02. The van der Waals surface area contributed by atoms with Crippen LogP contribution in [0, 0.1) is 0 Å². The maximum absolute atomic E-state index is 10.5. The van der Waals surface area contributed by atoms with Crippen LogP contribution >= 0.6 is 27.3 Å². The van der Waals surface area contributed by atoms with Crippen molar-refractivity contribution in [2.24, 2.45) is 0 Å². The number of rotatable bonds is 6. The fraction of sp³-hybridized carbons (Fsp3) is 0.200. The van der Waals surface area contributed by atoms with Gasteiger partial charge in [-0.05, 0) is 46.1 Å². The number of carboxylic acids is 1. The molecular weight excluding hydrogens is 354 g/mol. The minimum atomic E-state index is -0.971. The van der Waals surface area contributed by atoms with Crippen LogP contribution in [0.2, 0.25) is 0 Å². The monoisotopic (exact) mass is 367 g/mol. The quantitative estimate of drug-likeness (QED) is 0.779. The zero-order chi connectivity index (χ0) is 15.2. The molecule has 1 N–H and O–H groups in total. The molecule has 0 unspecified atom stereocenters. The average molecular weight is 368 g/mol. The number of hydrogen-bond acceptors (Lipinski definition) is 4. The first-order valence-corrected chi connectivity index (χ1v) is 8.02. The predicted molar refractivity (Wildman–Crippen MR) is 86.6 cm³/mol. The number of aliphatic carboxylic acids is 1. The minimum Gasteiger partial charge on any atom is -0.486 e. The molecule has 0 bridgehead atoms. The van der Waals surface area contributed by atoms with Gasteiger partial charge in [0.1, 0.15) is 12.4 Å². The molecule has 1 aromatic heterocycles. The second-order valence-electron chi connectivity index (χ2n) is 4.24. The lowest BCUT2D eigenvalue weighted by Crippen LogP contribution is -1.97. The first-order chi connectivity index (χ1) is 10.1. The van der Waals surface area contributed by atoms with E-state index in [0.717, 1.165) is 33.2 Å². The number of nitrogens with zero attached hydrogens (tertiary/aromatic N) is 1. The van der Waals surface area contributed by atoms with Crippen LogP contribution in [0.4, 0.5) is 0 Å². The van der Waals surface area contributed by atoms with Crippen molar-refractivity contribution in [3.8, 4) is 5.75 Å². The number of halogens is 1. The molecule has 0 spiro atoms. The van der Waals surface area contributed by atoms with Crippen LogP contribution in [-0.2, 0) is 17.8 Å². The third-order valence-electron chi connectivity index (χ3n) is 2.65. The summed E-state index contributed by atoms with van der Waals surface area (Å²) < 4.78 is 6.50. The Morgan fingerprint density at radius 1 is 1.52 bits per heavy atom. The second-order valence-corrected chi connectivity index (χ2v) is 6.03. The van der Waals surface area contributed by atoms with E-state index in [1.54, 1.807) is 23.5 Å². The third-order valence-corrected chi connectivity index (χ3v) is 4.31. The summed E-state index contributed by atoms with van der Waals surface area (Å²) in [4.78, 5) is 14.9. The van der Waals surface area contributed by atoms with Crippen molar-refractivity contribution < 1.29 is 14.6 Å². The summed E-state index contributed by atoms with van der Waals surface area (Å²) in [7, 11) is 0. The lowest BCUT2D eigenvalue weighted by molar-refractivity contribution is -0.131. The van der Waals surface area contributed by atoms with Gasteiger partial charge in [-0.15, -0.1) is 11.3 Å². The number of benzene rings is 1. The molecule has 21 heavy (non-hydrogen) atoms. The standard InChI is InChI=1S/C15H14BrNO3S/c1-2-14-17-11(9-21-14)8-20-13-5-3-10(7-12(13)16)4-6-15(18)19/h3-7,9H,2,8H2,1H3,(H,18,19). The number of aromatic nitrogens is 1. The smallest absolute Gasteiger partial charge is 0.328 e. The van der Waals surface area contributed by atoms with Gasteiger partial charge in [-0.3, -0.25) is 0 Å². The zero-order valence-corrected chi connectivity index (χ0v) is 13.8. The molecule has 6 heteroatoms. The van der Waals surface area contributed by atoms with Gasteiger partial charge in [0.15, 0.2) is 0 Å². The SMILES string of the molecule is CCc1nc(COc2ccc(C=CC(=O)O)cc2Br)cs1. The molecule has 0 atom stereocenters. The summed E-state index contributed by atoms with van der Waals surface area (Å²) >= 11 is 5.06. The van der Waals surface area contributed by atoms with Crippen molar-refractivity contribution in [2.45, 2.75) is 20.0 Å². The highest BCUT2D eigenvalue weighted by Gasteiger charge is 2.05. The van der Waals surface area contributed by atoms with E-state index < -0.39 is 5.97 Å². The van der Waals surface area contributed by atoms with Crippen LogP contribution in [0.15, 0.2) is 34.1 Å². The van der Waals surface area contributed by atoms with Crippen LogP contribution in [0.3, 0.4) is 0 Å². The lowest BCUT2D eigenvalue weighted by Gasteiger charge is -2.07. The molecule has 0 amide bonds. The van der Waals surface area contributed by atoms with Gasteiger partial charge in [0.2, 0.25) is 0 Å². The van der Waals surface area contributed by atoms with E-state index in [1.807, 2.05) is 11.4 Å². The van der Waals surface area contributed by atoms with Crippen LogP contribution in [0.5, 0.6) is 5.75 Å². The number of carbonyl (C=O) groups is 1. The molecule has 0 aliphatic heterocycles. The van der Waals surface area contributed by atoms with E-state index in [4.69, 9.17) is 9.84 Å². The topological polar surface area (TPSA) is 59.4 Å². The number of ether oxygens (including phenoxy) is 1. The Morgan fingerprint density at radius 3 is 2.95 bits per heavy atom. The van der Waals surface area contributed by atoms with E-state index in [1.165, 1.54) is 6.08 Å². The van der Waals surface area contributed by atoms with Gasteiger partial charge in [0, 0.05) is 11.5 Å². The number of thiazole rings is 1. The number of hydrogen-bond donors (Lipinski definition) is 1. The fourth-order valence-corrected chi connectivity index (χ4v) is 2.88. The minimum absolute atomic E-state index is 0.416. The molecule has 2 rings (SSSR count). The molecule has 0 fully saturated rings. The molecule has 0 saturated heterocycles. The summed E-state index contributed by atoms with van der Waals surface area (Å²) in [5.41, 5.74) is 1.71. The molecule has 4 nitrogen and oxygen atoms in total. The van der Waals surface area contributed by atoms with Crippen molar-refractivity contribution in [1.82, 2.24) is 4.98 Å². The first-order valence-electron chi connectivity index (χ1n) is 6.35. The summed E-state index contributed by atoms with van der Waals surface area (Å²) in [5.74, 6) is -0.268. The van der Waals surface area contributed by atoms with Gasteiger partial charge in [-0.2, -0.15) is 0 Å². The highest BCUT2D eigenvalue weighted by molar-refractivity contribution is 9.10. The summed E-state index contributed by atoms with van der Waals surface area (Å²) in [6.45, 7) is 2.49. The number of carboxylic acid groups (broad SMARTS) is 1. The molecule has 1 aromatic carbocycles. The maximum atomic E-state index is 10.5. The maximum Gasteiger partial charge on any atom is 0.328 e. The van der Waals surface area contributed by atoms with Gasteiger partial charge in [-0.1, -0.05) is 13.0 Å². The Bertz CT molecular complexity index is 667. The molecule has 0 aliphatic rings. The normalized spacial score (nSPS) is 11.0. The Kier molecular flexibility index (Phi) is 5.52. The summed E-state index contributed by atoms with van der Waals surface area (Å²) in [6, 6.07) is 5.42. The molecule has 2 aromatic rings. The van der Waals surface area contributed by atoms with Gasteiger partial charge < -0.3 is 9.84 Å². The second kappa shape index (κ2) is 7.38. The van der Waals surface area contributed by atoms with Crippen molar-refractivity contribution in [3.63, 3.8) is 0 Å². The first kappa shape index (κ1) is 15.7. The van der Waals surface area contributed by atoms with E-state index >= 15 is 0 Å².